The van der Waals surface area contributed by atoms with Gasteiger partial charge in [0.05, 0.1) is 0 Å². The normalized spacial score (nSPS) is 22.8. The Morgan fingerprint density at radius 3 is 2.57 bits per heavy atom. The third kappa shape index (κ3) is 4.30. The van der Waals surface area contributed by atoms with Crippen LogP contribution in [-0.2, 0) is 19.3 Å². The number of carbonyl (C=O) groups excluding carboxylic acids is 1. The van der Waals surface area contributed by atoms with Crippen LogP contribution in [-0.4, -0.2) is 61.0 Å². The van der Waals surface area contributed by atoms with Crippen molar-refractivity contribution in [3.8, 4) is 0 Å². The average molecular weight is 404 g/mol. The number of amides is 1. The van der Waals surface area contributed by atoms with E-state index in [1.165, 1.54) is 23.1 Å². The molecule has 1 atom stereocenters. The van der Waals surface area contributed by atoms with E-state index in [2.05, 4.69) is 57.6 Å². The van der Waals surface area contributed by atoms with Crippen molar-refractivity contribution in [1.29, 1.82) is 0 Å². The first-order valence-corrected chi connectivity index (χ1v) is 11.7. The largest absolute Gasteiger partial charge is 0.337 e. The van der Waals surface area contributed by atoms with Gasteiger partial charge >= 0.3 is 0 Å². The molecule has 2 fully saturated rings. The molecule has 0 bridgehead atoms. The molecule has 2 saturated heterocycles. The van der Waals surface area contributed by atoms with Crippen molar-refractivity contribution in [2.45, 2.75) is 38.1 Å². The third-order valence-corrected chi connectivity index (χ3v) is 7.22. The Morgan fingerprint density at radius 2 is 1.80 bits per heavy atom. The van der Waals surface area contributed by atoms with Crippen molar-refractivity contribution in [3.05, 3.63) is 70.8 Å². The lowest BCUT2D eigenvalue weighted by atomic mass is 9.97. The molecular weight excluding hydrogens is 370 g/mol. The van der Waals surface area contributed by atoms with Gasteiger partial charge in [-0.05, 0) is 79.9 Å². The Bertz CT molecular complexity index is 864. The van der Waals surface area contributed by atoms with Crippen LogP contribution in [0.5, 0.6) is 0 Å². The molecule has 2 heterocycles. The lowest BCUT2D eigenvalue weighted by Gasteiger charge is -2.27. The molecule has 158 valence electrons. The fourth-order valence-electron chi connectivity index (χ4n) is 5.54. The van der Waals surface area contributed by atoms with Crippen LogP contribution in [0, 0.1) is 5.92 Å². The molecule has 1 amide bonds. The number of rotatable bonds is 4. The predicted octanol–water partition coefficient (Wildman–Crippen LogP) is 3.15. The van der Waals surface area contributed by atoms with Gasteiger partial charge in [-0.3, -0.25) is 9.69 Å². The highest BCUT2D eigenvalue weighted by Gasteiger charge is 2.29. The van der Waals surface area contributed by atoms with Gasteiger partial charge in [-0.1, -0.05) is 36.4 Å². The van der Waals surface area contributed by atoms with Gasteiger partial charge in [-0.2, -0.15) is 0 Å². The molecule has 1 unspecified atom stereocenters. The summed E-state index contributed by atoms with van der Waals surface area (Å²) in [5.41, 5.74) is 5.18. The van der Waals surface area contributed by atoms with E-state index in [0.29, 0.717) is 12.0 Å². The highest BCUT2D eigenvalue weighted by molar-refractivity contribution is 5.94. The quantitative estimate of drug-likeness (QED) is 0.852. The maximum absolute atomic E-state index is 13.2. The smallest absolute Gasteiger partial charge is 0.253 e. The molecular formula is C26H33N3O. The number of carbonyl (C=O) groups is 1. The summed E-state index contributed by atoms with van der Waals surface area (Å²) in [5.74, 6) is 0.913. The van der Waals surface area contributed by atoms with Crippen molar-refractivity contribution >= 4 is 5.91 Å². The summed E-state index contributed by atoms with van der Waals surface area (Å²) in [6.45, 7) is 6.01. The molecule has 5 rings (SSSR count). The molecule has 0 spiro atoms. The van der Waals surface area contributed by atoms with Gasteiger partial charge in [0.15, 0.2) is 0 Å². The Labute approximate surface area is 180 Å². The van der Waals surface area contributed by atoms with E-state index in [-0.39, 0.29) is 5.91 Å². The summed E-state index contributed by atoms with van der Waals surface area (Å²) in [7, 11) is 0. The van der Waals surface area contributed by atoms with E-state index in [0.717, 1.165) is 70.5 Å². The number of hydrogen-bond donors (Lipinski definition) is 1. The number of hydrogen-bond acceptors (Lipinski definition) is 3. The van der Waals surface area contributed by atoms with Crippen molar-refractivity contribution < 1.29 is 4.79 Å². The first-order chi connectivity index (χ1) is 14.8. The van der Waals surface area contributed by atoms with E-state index >= 15 is 0 Å². The average Bonchev–Trinajstić information content (AvgIpc) is 3.37. The van der Waals surface area contributed by atoms with E-state index in [1.807, 2.05) is 6.07 Å². The summed E-state index contributed by atoms with van der Waals surface area (Å²) in [4.78, 5) is 17.9. The number of nitrogens with zero attached hydrogens (tertiary/aromatic N) is 2. The van der Waals surface area contributed by atoms with Gasteiger partial charge in [-0.15, -0.1) is 0 Å². The van der Waals surface area contributed by atoms with Gasteiger partial charge in [0.25, 0.3) is 5.91 Å². The second-order valence-corrected chi connectivity index (χ2v) is 9.28. The second-order valence-electron chi connectivity index (χ2n) is 9.28. The van der Waals surface area contributed by atoms with Crippen molar-refractivity contribution in [2.24, 2.45) is 5.92 Å². The predicted molar refractivity (Wildman–Crippen MR) is 121 cm³/mol. The maximum Gasteiger partial charge on any atom is 0.253 e. The Morgan fingerprint density at radius 1 is 0.967 bits per heavy atom. The molecule has 30 heavy (non-hydrogen) atoms. The SMILES string of the molecule is O=C(c1cccc(CC2CCNC2)c1)N1CCCN(C2Cc3ccccc3C2)CC1. The number of fused-ring (bicyclic) bond motifs is 1. The Hall–Kier alpha value is -2.17. The lowest BCUT2D eigenvalue weighted by molar-refractivity contribution is 0.0758. The zero-order valence-corrected chi connectivity index (χ0v) is 17.9. The minimum Gasteiger partial charge on any atom is -0.337 e. The molecule has 4 nitrogen and oxygen atoms in total. The number of benzene rings is 2. The lowest BCUT2D eigenvalue weighted by Crippen LogP contribution is -2.40. The van der Waals surface area contributed by atoms with E-state index in [4.69, 9.17) is 0 Å². The van der Waals surface area contributed by atoms with Gasteiger partial charge in [-0.25, -0.2) is 0 Å². The molecule has 2 aromatic rings. The van der Waals surface area contributed by atoms with Crippen LogP contribution in [0.3, 0.4) is 0 Å². The van der Waals surface area contributed by atoms with Crippen LogP contribution in [0.4, 0.5) is 0 Å². The molecule has 3 aliphatic rings. The van der Waals surface area contributed by atoms with Crippen LogP contribution < -0.4 is 5.32 Å². The van der Waals surface area contributed by atoms with Crippen LogP contribution >= 0.6 is 0 Å². The number of nitrogens with one attached hydrogen (secondary N) is 1. The van der Waals surface area contributed by atoms with Crippen molar-refractivity contribution in [1.82, 2.24) is 15.1 Å². The summed E-state index contributed by atoms with van der Waals surface area (Å²) in [6, 6.07) is 17.8. The summed E-state index contributed by atoms with van der Waals surface area (Å²) in [5, 5.41) is 3.44. The van der Waals surface area contributed by atoms with Crippen LogP contribution in [0.25, 0.3) is 0 Å². The summed E-state index contributed by atoms with van der Waals surface area (Å²) >= 11 is 0. The van der Waals surface area contributed by atoms with Crippen molar-refractivity contribution in [2.75, 3.05) is 39.3 Å². The first kappa shape index (κ1) is 19.8. The Kier molecular flexibility index (Phi) is 5.87. The minimum atomic E-state index is 0.206. The zero-order valence-electron chi connectivity index (χ0n) is 17.9. The van der Waals surface area contributed by atoms with Gasteiger partial charge in [0, 0.05) is 37.8 Å². The fourth-order valence-corrected chi connectivity index (χ4v) is 5.54. The molecule has 1 aliphatic carbocycles. The second kappa shape index (κ2) is 8.91. The standard InChI is InChI=1S/C26H33N3O/c30-26(24-8-3-5-20(16-24)15-21-9-10-27-19-21)29-12-4-11-28(13-14-29)25-17-22-6-1-2-7-23(22)18-25/h1-3,5-8,16,21,25,27H,4,9-15,17-19H2. The van der Waals surface area contributed by atoms with E-state index in [9.17, 15) is 4.79 Å². The van der Waals surface area contributed by atoms with E-state index < -0.39 is 0 Å². The Balaban J connectivity index is 1.20. The topological polar surface area (TPSA) is 35.6 Å². The molecule has 0 radical (unpaired) electrons. The van der Waals surface area contributed by atoms with Crippen molar-refractivity contribution in [3.63, 3.8) is 0 Å². The monoisotopic (exact) mass is 403 g/mol. The fraction of sp³-hybridized carbons (Fsp3) is 0.500. The van der Waals surface area contributed by atoms with Gasteiger partial charge in [0.1, 0.15) is 0 Å². The molecule has 0 saturated carbocycles. The zero-order chi connectivity index (χ0) is 20.3. The van der Waals surface area contributed by atoms with Crippen LogP contribution in [0.2, 0.25) is 0 Å². The van der Waals surface area contributed by atoms with Gasteiger partial charge in [0.2, 0.25) is 0 Å². The highest BCUT2D eigenvalue weighted by atomic mass is 16.2. The highest BCUT2D eigenvalue weighted by Crippen LogP contribution is 2.26. The van der Waals surface area contributed by atoms with Crippen LogP contribution in [0.15, 0.2) is 48.5 Å². The maximum atomic E-state index is 13.2. The summed E-state index contributed by atoms with van der Waals surface area (Å²) < 4.78 is 0. The van der Waals surface area contributed by atoms with E-state index in [1.54, 1.807) is 0 Å². The minimum absolute atomic E-state index is 0.206. The molecule has 2 aromatic carbocycles. The molecule has 2 aliphatic heterocycles. The molecule has 0 aromatic heterocycles. The van der Waals surface area contributed by atoms with Gasteiger partial charge < -0.3 is 10.2 Å². The summed E-state index contributed by atoms with van der Waals surface area (Å²) in [6.07, 6.45) is 5.69. The first-order valence-electron chi connectivity index (χ1n) is 11.7. The third-order valence-electron chi connectivity index (χ3n) is 7.22. The molecule has 4 heteroatoms. The molecule has 1 N–H and O–H groups in total. The van der Waals surface area contributed by atoms with Crippen LogP contribution in [0.1, 0.15) is 39.9 Å².